The van der Waals surface area contributed by atoms with Gasteiger partial charge < -0.3 is 9.16 Å². The summed E-state index contributed by atoms with van der Waals surface area (Å²) in [5.74, 6) is 3.52. The minimum Gasteiger partial charge on any atom is -0.543 e. The fourth-order valence-corrected chi connectivity index (χ4v) is 17.5. The predicted molar refractivity (Wildman–Crippen MR) is 179 cm³/mol. The highest BCUT2D eigenvalue weighted by Crippen LogP contribution is 2.45. The number of fused-ring (bicyclic) bond motifs is 1. The highest BCUT2D eigenvalue weighted by atomic mass is 28.4. The predicted octanol–water partition coefficient (Wildman–Crippen LogP) is 11.1. The second-order valence-corrected chi connectivity index (χ2v) is 25.6. The lowest BCUT2D eigenvalue weighted by atomic mass is 9.97. The lowest BCUT2D eigenvalue weighted by molar-refractivity contribution is -0.142. The summed E-state index contributed by atoms with van der Waals surface area (Å²) in [6.07, 6.45) is 0. The van der Waals surface area contributed by atoms with E-state index in [0.717, 1.165) is 5.39 Å². The summed E-state index contributed by atoms with van der Waals surface area (Å²) < 4.78 is 28.8. The van der Waals surface area contributed by atoms with Crippen molar-refractivity contribution < 1.29 is 18.3 Å². The van der Waals surface area contributed by atoms with E-state index in [0.29, 0.717) is 55.7 Å². The Morgan fingerprint density at radius 2 is 1.27 bits per heavy atom. The van der Waals surface area contributed by atoms with Crippen LogP contribution in [-0.2, 0) is 4.79 Å². The Kier molecular flexibility index (Phi) is 11.2. The Morgan fingerprint density at radius 1 is 0.780 bits per heavy atom. The van der Waals surface area contributed by atoms with E-state index in [9.17, 15) is 4.79 Å². The summed E-state index contributed by atoms with van der Waals surface area (Å²) in [5.41, 5.74) is 5.58. The van der Waals surface area contributed by atoms with Crippen LogP contribution < -0.4 is 9.16 Å². The zero-order valence-corrected chi connectivity index (χ0v) is 30.4. The van der Waals surface area contributed by atoms with Gasteiger partial charge in [-0.15, -0.1) is 5.54 Å². The van der Waals surface area contributed by atoms with E-state index in [2.05, 4.69) is 94.5 Å². The molecule has 0 amide bonds. The molecule has 6 heteroatoms. The average Bonchev–Trinajstić information content (AvgIpc) is 2.82. The van der Waals surface area contributed by atoms with E-state index in [-0.39, 0.29) is 5.97 Å². The highest BCUT2D eigenvalue weighted by molar-refractivity contribution is 6.90. The molecular formula is C35H55FO3Si2. The number of hydrogen-bond donors (Lipinski definition) is 0. The molecule has 41 heavy (non-hydrogen) atoms. The van der Waals surface area contributed by atoms with Crippen molar-refractivity contribution in [3.8, 4) is 23.0 Å². The van der Waals surface area contributed by atoms with Gasteiger partial charge in [-0.2, -0.15) is 0 Å². The Bertz CT molecular complexity index is 1250. The van der Waals surface area contributed by atoms with Crippen LogP contribution in [0.3, 0.4) is 0 Å². The number of carbonyl (C=O) groups excluding carboxylic acids is 1. The van der Waals surface area contributed by atoms with E-state index < -0.39 is 27.6 Å². The van der Waals surface area contributed by atoms with Crippen molar-refractivity contribution >= 4 is 33.1 Å². The third-order valence-corrected chi connectivity index (χ3v) is 21.4. The van der Waals surface area contributed by atoms with Crippen molar-refractivity contribution in [2.45, 2.75) is 137 Å². The second kappa shape index (κ2) is 13.0. The molecule has 228 valence electrons. The number of hydrogen-bond acceptors (Lipinski definition) is 3. The minimum atomic E-state index is -2.29. The molecule has 0 aliphatic heterocycles. The van der Waals surface area contributed by atoms with Gasteiger partial charge in [0.2, 0.25) is 0 Å². The highest BCUT2D eigenvalue weighted by Gasteiger charge is 2.47. The van der Waals surface area contributed by atoms with Crippen molar-refractivity contribution in [1.29, 1.82) is 0 Å². The van der Waals surface area contributed by atoms with Gasteiger partial charge in [-0.05, 0) is 71.5 Å². The molecule has 0 saturated carbocycles. The van der Waals surface area contributed by atoms with Crippen LogP contribution in [0.15, 0.2) is 24.3 Å². The van der Waals surface area contributed by atoms with Crippen LogP contribution in [0.1, 0.15) is 109 Å². The van der Waals surface area contributed by atoms with Crippen LogP contribution in [0.2, 0.25) is 33.2 Å². The van der Waals surface area contributed by atoms with Crippen molar-refractivity contribution in [2.75, 3.05) is 0 Å². The van der Waals surface area contributed by atoms with Gasteiger partial charge in [-0.1, -0.05) is 95.1 Å². The fraction of sp³-hybridized carbons (Fsp3) is 0.629. The van der Waals surface area contributed by atoms with Gasteiger partial charge in [0, 0.05) is 11.5 Å². The number of halogens is 1. The molecule has 0 atom stereocenters. The Hall–Kier alpha value is -2.11. The first kappa shape index (κ1) is 35.1. The normalized spacial score (nSPS) is 13.1. The summed E-state index contributed by atoms with van der Waals surface area (Å²) in [6, 6.07) is 7.00. The summed E-state index contributed by atoms with van der Waals surface area (Å²) in [7, 11) is -4.43. The lowest BCUT2D eigenvalue weighted by Crippen LogP contribution is -2.50. The largest absolute Gasteiger partial charge is 0.543 e. The zero-order chi connectivity index (χ0) is 31.7. The molecule has 0 aliphatic carbocycles. The average molecular weight is 599 g/mol. The number of ether oxygens (including phenoxy) is 1. The number of esters is 1. The van der Waals surface area contributed by atoms with Gasteiger partial charge in [0.05, 0.1) is 11.0 Å². The summed E-state index contributed by atoms with van der Waals surface area (Å²) in [5, 5.41) is 1.29. The fourth-order valence-electron chi connectivity index (χ4n) is 7.05. The quantitative estimate of drug-likeness (QED) is 0.125. The van der Waals surface area contributed by atoms with Crippen molar-refractivity contribution in [2.24, 2.45) is 5.41 Å². The van der Waals surface area contributed by atoms with Gasteiger partial charge in [0.15, 0.2) is 0 Å². The van der Waals surface area contributed by atoms with Crippen LogP contribution in [0.4, 0.5) is 4.39 Å². The second-order valence-electron chi connectivity index (χ2n) is 14.6. The van der Waals surface area contributed by atoms with E-state index in [1.54, 1.807) is 12.1 Å². The van der Waals surface area contributed by atoms with Crippen LogP contribution in [0.5, 0.6) is 11.5 Å². The first-order valence-electron chi connectivity index (χ1n) is 15.4. The van der Waals surface area contributed by atoms with Crippen LogP contribution >= 0.6 is 0 Å². The molecule has 2 rings (SSSR count). The molecule has 3 nitrogen and oxygen atoms in total. The Morgan fingerprint density at radius 3 is 1.68 bits per heavy atom. The molecule has 2 aromatic rings. The number of carbonyl (C=O) groups is 1. The zero-order valence-electron chi connectivity index (χ0n) is 28.4. The molecule has 0 aromatic heterocycles. The number of rotatable bonds is 9. The van der Waals surface area contributed by atoms with Gasteiger partial charge in [-0.3, -0.25) is 4.79 Å². The molecule has 0 radical (unpaired) electrons. The first-order valence-corrected chi connectivity index (χ1v) is 19.8. The number of benzene rings is 2. The Labute approximate surface area is 252 Å². The monoisotopic (exact) mass is 598 g/mol. The molecule has 0 bridgehead atoms. The third-order valence-electron chi connectivity index (χ3n) is 9.09. The maximum Gasteiger partial charge on any atom is 0.316 e. The van der Waals surface area contributed by atoms with Gasteiger partial charge >= 0.3 is 5.97 Å². The molecule has 0 N–H and O–H groups in total. The summed E-state index contributed by atoms with van der Waals surface area (Å²) in [4.78, 5) is 13.2. The standard InChI is InChI=1S/C35H55FO3Si2/c1-22(2)40(23(3)4,24(5)6)19-18-30-31(36)17-16-28-20-29(39-41(25(7)8,26(9)10)27(11)12)21-32(33(28)30)38-34(37)35(13,14)15/h16-17,20-27H,1-15H3. The molecule has 0 aliphatic rings. The van der Waals surface area contributed by atoms with Crippen molar-refractivity contribution in [3.05, 3.63) is 35.6 Å². The summed E-state index contributed by atoms with van der Waals surface area (Å²) in [6.45, 7) is 32.4. The SMILES string of the molecule is CC(C)[Si](C#Cc1c(F)ccc2cc(O[Si](C(C)C)(C(C)C)C(C)C)cc(OC(=O)C(C)(C)C)c12)(C(C)C)C(C)C. The topological polar surface area (TPSA) is 35.5 Å². The van der Waals surface area contributed by atoms with Crippen molar-refractivity contribution in [3.63, 3.8) is 0 Å². The van der Waals surface area contributed by atoms with E-state index in [1.807, 2.05) is 26.8 Å². The van der Waals surface area contributed by atoms with E-state index in [1.165, 1.54) is 6.07 Å². The molecule has 2 aromatic carbocycles. The maximum atomic E-state index is 15.7. The lowest BCUT2D eigenvalue weighted by Gasteiger charge is -2.42. The smallest absolute Gasteiger partial charge is 0.316 e. The molecule has 0 saturated heterocycles. The molecule has 0 heterocycles. The summed E-state index contributed by atoms with van der Waals surface area (Å²) >= 11 is 0. The van der Waals surface area contributed by atoms with E-state index >= 15 is 4.39 Å². The molecule has 0 spiro atoms. The van der Waals surface area contributed by atoms with Crippen LogP contribution in [0.25, 0.3) is 10.8 Å². The van der Waals surface area contributed by atoms with Gasteiger partial charge in [-0.25, -0.2) is 4.39 Å². The van der Waals surface area contributed by atoms with E-state index in [4.69, 9.17) is 9.16 Å². The van der Waals surface area contributed by atoms with Crippen LogP contribution in [-0.4, -0.2) is 22.4 Å². The maximum absolute atomic E-state index is 15.7. The van der Waals surface area contributed by atoms with Gasteiger partial charge in [0.25, 0.3) is 8.32 Å². The van der Waals surface area contributed by atoms with Crippen LogP contribution in [0, 0.1) is 22.7 Å². The molecule has 0 fully saturated rings. The molecule has 0 unspecified atom stereocenters. The third kappa shape index (κ3) is 6.94. The first-order chi connectivity index (χ1) is 18.7. The van der Waals surface area contributed by atoms with Gasteiger partial charge in [0.1, 0.15) is 25.4 Å². The molecular weight excluding hydrogens is 544 g/mol. The minimum absolute atomic E-state index is 0.296. The Balaban J connectivity index is 2.97. The van der Waals surface area contributed by atoms with Crippen molar-refractivity contribution in [1.82, 2.24) is 0 Å².